The topological polar surface area (TPSA) is 49.5 Å². The smallest absolute Gasteiger partial charge is 0.0917 e. The fourth-order valence-electron chi connectivity index (χ4n) is 2.36. The molecule has 94 valence electrons. The summed E-state index contributed by atoms with van der Waals surface area (Å²) in [6, 6.07) is 7.51. The van der Waals surface area contributed by atoms with Crippen molar-refractivity contribution in [3.8, 4) is 0 Å². The highest BCUT2D eigenvalue weighted by Crippen LogP contribution is 2.27. The highest BCUT2D eigenvalue weighted by molar-refractivity contribution is 5.41. The Morgan fingerprint density at radius 3 is 2.82 bits per heavy atom. The van der Waals surface area contributed by atoms with Gasteiger partial charge in [-0.15, -0.1) is 0 Å². The molecule has 0 bridgehead atoms. The number of aliphatic hydroxyl groups excluding tert-OH is 1. The standard InChI is InChI=1S/C14H22N2O/c1-16(9-11-4-2-5-11)10-14(17)12-6-3-7-13(15)8-12/h3,6-8,11,14,17H,2,4-5,9-10,15H2,1H3. The summed E-state index contributed by atoms with van der Waals surface area (Å²) in [6.07, 6.45) is 3.62. The summed E-state index contributed by atoms with van der Waals surface area (Å²) in [6.45, 7) is 1.78. The van der Waals surface area contributed by atoms with E-state index in [0.717, 1.165) is 18.0 Å². The van der Waals surface area contributed by atoms with Crippen LogP contribution < -0.4 is 5.73 Å². The Balaban J connectivity index is 1.84. The van der Waals surface area contributed by atoms with Gasteiger partial charge in [0.25, 0.3) is 0 Å². The molecule has 0 aliphatic heterocycles. The lowest BCUT2D eigenvalue weighted by atomic mass is 9.85. The molecule has 3 nitrogen and oxygen atoms in total. The summed E-state index contributed by atoms with van der Waals surface area (Å²) in [5.74, 6) is 0.841. The van der Waals surface area contributed by atoms with Gasteiger partial charge >= 0.3 is 0 Å². The maximum Gasteiger partial charge on any atom is 0.0917 e. The zero-order valence-corrected chi connectivity index (χ0v) is 10.5. The number of likely N-dealkylation sites (N-methyl/N-ethyl adjacent to an activating group) is 1. The normalized spacial score (nSPS) is 18.1. The highest BCUT2D eigenvalue weighted by atomic mass is 16.3. The number of anilines is 1. The van der Waals surface area contributed by atoms with E-state index in [1.54, 1.807) is 0 Å². The molecule has 1 aliphatic carbocycles. The fourth-order valence-corrected chi connectivity index (χ4v) is 2.36. The van der Waals surface area contributed by atoms with E-state index >= 15 is 0 Å². The van der Waals surface area contributed by atoms with Crippen LogP contribution in [0.1, 0.15) is 30.9 Å². The lowest BCUT2D eigenvalue weighted by Crippen LogP contribution is -2.32. The van der Waals surface area contributed by atoms with Crippen molar-refractivity contribution in [3.05, 3.63) is 29.8 Å². The number of nitrogens with two attached hydrogens (primary N) is 1. The number of benzene rings is 1. The van der Waals surface area contributed by atoms with Gasteiger partial charge in [-0.25, -0.2) is 0 Å². The van der Waals surface area contributed by atoms with Crippen molar-refractivity contribution >= 4 is 5.69 Å². The molecule has 2 rings (SSSR count). The van der Waals surface area contributed by atoms with Gasteiger partial charge in [-0.2, -0.15) is 0 Å². The summed E-state index contributed by atoms with van der Waals surface area (Å²) < 4.78 is 0. The van der Waals surface area contributed by atoms with E-state index < -0.39 is 6.10 Å². The maximum absolute atomic E-state index is 10.1. The second kappa shape index (κ2) is 5.52. The summed E-state index contributed by atoms with van der Waals surface area (Å²) in [4.78, 5) is 2.22. The fraction of sp³-hybridized carbons (Fsp3) is 0.571. The molecule has 0 heterocycles. The minimum Gasteiger partial charge on any atom is -0.399 e. The Kier molecular flexibility index (Phi) is 4.02. The van der Waals surface area contributed by atoms with Crippen molar-refractivity contribution in [3.63, 3.8) is 0 Å². The van der Waals surface area contributed by atoms with Gasteiger partial charge in [0.1, 0.15) is 0 Å². The molecule has 0 amide bonds. The highest BCUT2D eigenvalue weighted by Gasteiger charge is 2.20. The number of nitrogen functional groups attached to an aromatic ring is 1. The van der Waals surface area contributed by atoms with E-state index in [4.69, 9.17) is 5.73 Å². The van der Waals surface area contributed by atoms with Crippen molar-refractivity contribution in [2.24, 2.45) is 5.92 Å². The maximum atomic E-state index is 10.1. The molecule has 0 radical (unpaired) electrons. The van der Waals surface area contributed by atoms with E-state index in [1.165, 1.54) is 19.3 Å². The molecule has 3 heteroatoms. The van der Waals surface area contributed by atoms with Crippen LogP contribution in [0.3, 0.4) is 0 Å². The second-order valence-electron chi connectivity index (χ2n) is 5.20. The summed E-state index contributed by atoms with van der Waals surface area (Å²) in [5, 5.41) is 10.1. The van der Waals surface area contributed by atoms with Crippen LogP contribution in [0.4, 0.5) is 5.69 Å². The minimum atomic E-state index is -0.441. The Bertz CT molecular complexity index is 363. The molecule has 1 aromatic rings. The van der Waals surface area contributed by atoms with Crippen LogP contribution in [-0.4, -0.2) is 30.1 Å². The second-order valence-corrected chi connectivity index (χ2v) is 5.20. The molecule has 0 aromatic heterocycles. The van der Waals surface area contributed by atoms with Gasteiger partial charge in [-0.05, 0) is 43.5 Å². The molecule has 17 heavy (non-hydrogen) atoms. The van der Waals surface area contributed by atoms with E-state index in [2.05, 4.69) is 11.9 Å². The van der Waals surface area contributed by atoms with Crippen LogP contribution in [0.15, 0.2) is 24.3 Å². The van der Waals surface area contributed by atoms with Gasteiger partial charge in [0.15, 0.2) is 0 Å². The van der Waals surface area contributed by atoms with Gasteiger partial charge in [0.2, 0.25) is 0 Å². The van der Waals surface area contributed by atoms with Crippen molar-refractivity contribution in [2.45, 2.75) is 25.4 Å². The number of hydrogen-bond acceptors (Lipinski definition) is 3. The zero-order chi connectivity index (χ0) is 12.3. The predicted molar refractivity (Wildman–Crippen MR) is 70.7 cm³/mol. The van der Waals surface area contributed by atoms with Crippen molar-refractivity contribution in [1.82, 2.24) is 4.90 Å². The van der Waals surface area contributed by atoms with Gasteiger partial charge in [-0.1, -0.05) is 18.6 Å². The van der Waals surface area contributed by atoms with E-state index in [0.29, 0.717) is 12.2 Å². The van der Waals surface area contributed by atoms with Crippen LogP contribution in [0.5, 0.6) is 0 Å². The first kappa shape index (κ1) is 12.4. The average molecular weight is 234 g/mol. The van der Waals surface area contributed by atoms with Crippen LogP contribution in [0, 0.1) is 5.92 Å². The molecule has 1 fully saturated rings. The quantitative estimate of drug-likeness (QED) is 0.766. The Morgan fingerprint density at radius 1 is 1.47 bits per heavy atom. The van der Waals surface area contributed by atoms with Gasteiger partial charge in [-0.3, -0.25) is 0 Å². The number of rotatable bonds is 5. The van der Waals surface area contributed by atoms with Crippen molar-refractivity contribution in [1.29, 1.82) is 0 Å². The first-order valence-electron chi connectivity index (χ1n) is 6.37. The number of nitrogens with zero attached hydrogens (tertiary/aromatic N) is 1. The molecule has 1 unspecified atom stereocenters. The van der Waals surface area contributed by atoms with E-state index in [-0.39, 0.29) is 0 Å². The van der Waals surface area contributed by atoms with E-state index in [1.807, 2.05) is 24.3 Å². The molecule has 0 spiro atoms. The third-order valence-electron chi connectivity index (χ3n) is 3.57. The van der Waals surface area contributed by atoms with Crippen LogP contribution in [0.2, 0.25) is 0 Å². The Labute approximate surface area is 103 Å². The molecular weight excluding hydrogens is 212 g/mol. The summed E-state index contributed by atoms with van der Waals surface area (Å²) in [7, 11) is 2.08. The average Bonchev–Trinajstić information content (AvgIpc) is 2.23. The van der Waals surface area contributed by atoms with Crippen molar-refractivity contribution < 1.29 is 5.11 Å². The first-order chi connectivity index (χ1) is 8.15. The molecule has 1 aliphatic rings. The molecule has 1 saturated carbocycles. The molecular formula is C14H22N2O. The van der Waals surface area contributed by atoms with Crippen LogP contribution in [-0.2, 0) is 0 Å². The first-order valence-corrected chi connectivity index (χ1v) is 6.37. The summed E-state index contributed by atoms with van der Waals surface area (Å²) in [5.41, 5.74) is 7.33. The lowest BCUT2D eigenvalue weighted by molar-refractivity contribution is 0.107. The zero-order valence-electron chi connectivity index (χ0n) is 10.5. The largest absolute Gasteiger partial charge is 0.399 e. The van der Waals surface area contributed by atoms with Crippen LogP contribution in [0.25, 0.3) is 0 Å². The molecule has 3 N–H and O–H groups in total. The van der Waals surface area contributed by atoms with Crippen LogP contribution >= 0.6 is 0 Å². The number of hydrogen-bond donors (Lipinski definition) is 2. The third kappa shape index (κ3) is 3.45. The summed E-state index contributed by atoms with van der Waals surface area (Å²) >= 11 is 0. The predicted octanol–water partition coefficient (Wildman–Crippen LogP) is 2.03. The van der Waals surface area contributed by atoms with Gasteiger partial charge in [0.05, 0.1) is 6.10 Å². The Morgan fingerprint density at radius 2 is 2.24 bits per heavy atom. The van der Waals surface area contributed by atoms with E-state index in [9.17, 15) is 5.11 Å². The van der Waals surface area contributed by atoms with Gasteiger partial charge < -0.3 is 15.7 Å². The Hall–Kier alpha value is -1.06. The SMILES string of the molecule is CN(CC1CCC1)CC(O)c1cccc(N)c1. The lowest BCUT2D eigenvalue weighted by Gasteiger charge is -2.31. The number of aliphatic hydroxyl groups is 1. The minimum absolute atomic E-state index is 0.441. The third-order valence-corrected chi connectivity index (χ3v) is 3.57. The van der Waals surface area contributed by atoms with Crippen molar-refractivity contribution in [2.75, 3.05) is 25.9 Å². The van der Waals surface area contributed by atoms with Gasteiger partial charge in [0, 0.05) is 18.8 Å². The molecule has 1 atom stereocenters. The monoisotopic (exact) mass is 234 g/mol. The molecule has 0 saturated heterocycles. The molecule has 1 aromatic carbocycles.